The third-order valence-electron chi connectivity index (χ3n) is 3.78. The predicted octanol–water partition coefficient (Wildman–Crippen LogP) is 3.67. The molecule has 0 aliphatic carbocycles. The summed E-state index contributed by atoms with van der Waals surface area (Å²) in [7, 11) is 0. The van der Waals surface area contributed by atoms with E-state index in [0.717, 1.165) is 25.7 Å². The Morgan fingerprint density at radius 3 is 1.44 bits per heavy atom. The molecule has 0 aromatic heterocycles. The van der Waals surface area contributed by atoms with Crippen LogP contribution >= 0.6 is 0 Å². The van der Waals surface area contributed by atoms with Gasteiger partial charge in [-0.3, -0.25) is 0 Å². The Morgan fingerprint density at radius 2 is 1.09 bits per heavy atom. The molecule has 0 spiro atoms. The third kappa shape index (κ3) is 14.0. The van der Waals surface area contributed by atoms with E-state index in [1.807, 2.05) is 6.92 Å². The Morgan fingerprint density at radius 1 is 0.688 bits per heavy atom. The molecule has 0 saturated carbocycles. The lowest BCUT2D eigenvalue weighted by atomic mass is 10.2. The third-order valence-corrected chi connectivity index (χ3v) is 3.78. The molecule has 0 bridgehead atoms. The van der Waals surface area contributed by atoms with Gasteiger partial charge in [-0.1, -0.05) is 13.3 Å². The summed E-state index contributed by atoms with van der Waals surface area (Å²) in [5.41, 5.74) is 0.925. The standard InChI is InChI=1S/C11H14O3.C9H10O3.C4H10O2/c1-2-3-8-14-11(13)9-4-6-10(12)7-5-9;1-2-12-9(11)7-3-5-8(10)6-4-7;5-3-1-2-4-6/h4-7,12H,2-3,8H2,1H3;3-6,10H,2H2,1H3;5-6H,1-4H2. The molecule has 0 heterocycles. The summed E-state index contributed by atoms with van der Waals surface area (Å²) >= 11 is 0. The fourth-order valence-electron chi connectivity index (χ4n) is 2.03. The van der Waals surface area contributed by atoms with Crippen molar-refractivity contribution in [2.75, 3.05) is 26.4 Å². The van der Waals surface area contributed by atoms with Gasteiger partial charge in [0.15, 0.2) is 0 Å². The normalized spacial score (nSPS) is 9.50. The van der Waals surface area contributed by atoms with Gasteiger partial charge in [0.2, 0.25) is 0 Å². The van der Waals surface area contributed by atoms with Crippen molar-refractivity contribution in [2.24, 2.45) is 0 Å². The lowest BCUT2D eigenvalue weighted by molar-refractivity contribution is 0.0496. The van der Waals surface area contributed by atoms with Gasteiger partial charge in [-0.05, 0) is 74.7 Å². The molecule has 0 radical (unpaired) electrons. The number of esters is 2. The van der Waals surface area contributed by atoms with Crippen molar-refractivity contribution in [1.29, 1.82) is 0 Å². The van der Waals surface area contributed by atoms with E-state index < -0.39 is 0 Å². The first-order valence-electron chi connectivity index (χ1n) is 10.5. The number of ether oxygens (including phenoxy) is 2. The summed E-state index contributed by atoms with van der Waals surface area (Å²) in [6, 6.07) is 12.0. The first kappa shape index (κ1) is 28.9. The molecule has 2 rings (SSSR count). The first-order chi connectivity index (χ1) is 15.4. The van der Waals surface area contributed by atoms with Crippen LogP contribution in [0.3, 0.4) is 0 Å². The van der Waals surface area contributed by atoms with E-state index in [4.69, 9.17) is 29.9 Å². The number of aliphatic hydroxyl groups excluding tert-OH is 2. The molecule has 4 N–H and O–H groups in total. The largest absolute Gasteiger partial charge is 0.508 e. The van der Waals surface area contributed by atoms with E-state index in [1.54, 1.807) is 19.1 Å². The average molecular weight is 451 g/mol. The van der Waals surface area contributed by atoms with Crippen molar-refractivity contribution in [1.82, 2.24) is 0 Å². The molecule has 8 heteroatoms. The maximum Gasteiger partial charge on any atom is 0.338 e. The summed E-state index contributed by atoms with van der Waals surface area (Å²) in [4.78, 5) is 22.4. The summed E-state index contributed by atoms with van der Waals surface area (Å²) in [6.45, 7) is 4.99. The zero-order chi connectivity index (χ0) is 24.2. The van der Waals surface area contributed by atoms with E-state index in [1.165, 1.54) is 36.4 Å². The number of hydrogen-bond acceptors (Lipinski definition) is 8. The highest BCUT2D eigenvalue weighted by atomic mass is 16.5. The van der Waals surface area contributed by atoms with Crippen LogP contribution in [0.4, 0.5) is 0 Å². The van der Waals surface area contributed by atoms with Crippen molar-refractivity contribution in [2.45, 2.75) is 39.5 Å². The smallest absolute Gasteiger partial charge is 0.338 e. The second-order valence-corrected chi connectivity index (χ2v) is 6.46. The Kier molecular flexibility index (Phi) is 16.8. The quantitative estimate of drug-likeness (QED) is 0.336. The number of hydrogen-bond donors (Lipinski definition) is 4. The van der Waals surface area contributed by atoms with Gasteiger partial charge in [0.25, 0.3) is 0 Å². The summed E-state index contributed by atoms with van der Waals surface area (Å²) in [5, 5.41) is 34.1. The number of carbonyl (C=O) groups is 2. The van der Waals surface area contributed by atoms with Crippen molar-refractivity contribution in [3.05, 3.63) is 59.7 Å². The minimum Gasteiger partial charge on any atom is -0.508 e. The summed E-state index contributed by atoms with van der Waals surface area (Å²) < 4.78 is 9.73. The lowest BCUT2D eigenvalue weighted by Crippen LogP contribution is -2.05. The predicted molar refractivity (Wildman–Crippen MR) is 121 cm³/mol. The van der Waals surface area contributed by atoms with Gasteiger partial charge in [-0.2, -0.15) is 0 Å². The molecule has 178 valence electrons. The number of aromatic hydroxyl groups is 2. The molecule has 0 aliphatic rings. The Labute approximate surface area is 189 Å². The highest BCUT2D eigenvalue weighted by Gasteiger charge is 2.06. The number of phenolic OH excluding ortho intramolecular Hbond substituents is 2. The maximum atomic E-state index is 11.3. The topological polar surface area (TPSA) is 134 Å². The molecule has 0 amide bonds. The van der Waals surface area contributed by atoms with Crippen molar-refractivity contribution in [3.63, 3.8) is 0 Å². The van der Waals surface area contributed by atoms with Crippen LogP contribution in [0.2, 0.25) is 0 Å². The molecule has 0 fully saturated rings. The van der Waals surface area contributed by atoms with E-state index in [-0.39, 0.29) is 36.7 Å². The zero-order valence-electron chi connectivity index (χ0n) is 18.7. The Bertz CT molecular complexity index is 738. The van der Waals surface area contributed by atoms with Crippen LogP contribution in [0.1, 0.15) is 60.2 Å². The molecular weight excluding hydrogens is 416 g/mol. The van der Waals surface area contributed by atoms with E-state index in [2.05, 4.69) is 0 Å². The molecule has 2 aromatic rings. The molecule has 0 saturated heterocycles. The molecule has 0 unspecified atom stereocenters. The molecule has 32 heavy (non-hydrogen) atoms. The van der Waals surface area contributed by atoms with Crippen molar-refractivity contribution < 1.29 is 39.5 Å². The second kappa shape index (κ2) is 18.7. The molecule has 2 aromatic carbocycles. The van der Waals surface area contributed by atoms with E-state index in [9.17, 15) is 9.59 Å². The number of rotatable bonds is 9. The maximum absolute atomic E-state index is 11.3. The van der Waals surface area contributed by atoms with Gasteiger partial charge >= 0.3 is 11.9 Å². The molecule has 8 nitrogen and oxygen atoms in total. The molecule has 0 atom stereocenters. The average Bonchev–Trinajstić information content (AvgIpc) is 2.79. The number of carbonyl (C=O) groups excluding carboxylic acids is 2. The van der Waals surface area contributed by atoms with Crippen molar-refractivity contribution in [3.8, 4) is 11.5 Å². The van der Waals surface area contributed by atoms with Crippen LogP contribution in [0, 0.1) is 0 Å². The SMILES string of the molecule is CCCCOC(=O)c1ccc(O)cc1.CCOC(=O)c1ccc(O)cc1.OCCCCO. The number of benzene rings is 2. The number of phenols is 2. The summed E-state index contributed by atoms with van der Waals surface area (Å²) in [6.07, 6.45) is 3.32. The van der Waals surface area contributed by atoms with Crippen LogP contribution < -0.4 is 0 Å². The van der Waals surface area contributed by atoms with Crippen LogP contribution in [0.15, 0.2) is 48.5 Å². The van der Waals surface area contributed by atoms with Gasteiger partial charge in [-0.15, -0.1) is 0 Å². The van der Waals surface area contributed by atoms with Crippen LogP contribution in [0.5, 0.6) is 11.5 Å². The van der Waals surface area contributed by atoms with Crippen LogP contribution in [-0.2, 0) is 9.47 Å². The summed E-state index contributed by atoms with van der Waals surface area (Å²) in [5.74, 6) is -0.408. The monoisotopic (exact) mass is 450 g/mol. The van der Waals surface area contributed by atoms with Gasteiger partial charge in [-0.25, -0.2) is 9.59 Å². The van der Waals surface area contributed by atoms with Crippen molar-refractivity contribution >= 4 is 11.9 Å². The minimum atomic E-state index is -0.363. The van der Waals surface area contributed by atoms with Gasteiger partial charge < -0.3 is 29.9 Å². The van der Waals surface area contributed by atoms with Crippen LogP contribution in [-0.4, -0.2) is 58.8 Å². The number of aliphatic hydroxyl groups is 2. The highest BCUT2D eigenvalue weighted by molar-refractivity contribution is 5.89. The second-order valence-electron chi connectivity index (χ2n) is 6.46. The van der Waals surface area contributed by atoms with Gasteiger partial charge in [0.1, 0.15) is 11.5 Å². The Hall–Kier alpha value is -3.10. The Balaban J connectivity index is 0.000000487. The molecular formula is C24H34O8. The van der Waals surface area contributed by atoms with E-state index in [0.29, 0.717) is 24.3 Å². The fraction of sp³-hybridized carbons (Fsp3) is 0.417. The zero-order valence-corrected chi connectivity index (χ0v) is 18.7. The minimum absolute atomic E-state index is 0.142. The van der Waals surface area contributed by atoms with Gasteiger partial charge in [0, 0.05) is 13.2 Å². The van der Waals surface area contributed by atoms with Gasteiger partial charge in [0.05, 0.1) is 24.3 Å². The first-order valence-corrected chi connectivity index (χ1v) is 10.5. The highest BCUT2D eigenvalue weighted by Crippen LogP contribution is 2.11. The lowest BCUT2D eigenvalue weighted by Gasteiger charge is -2.03. The number of unbranched alkanes of at least 4 members (excludes halogenated alkanes) is 2. The van der Waals surface area contributed by atoms with Crippen LogP contribution in [0.25, 0.3) is 0 Å². The fourth-order valence-corrected chi connectivity index (χ4v) is 2.03. The van der Waals surface area contributed by atoms with E-state index >= 15 is 0 Å². The molecule has 0 aliphatic heterocycles.